The van der Waals surface area contributed by atoms with Crippen LogP contribution in [0.1, 0.15) is 29.5 Å². The molecular formula is C18H21NS. The Morgan fingerprint density at radius 3 is 2.45 bits per heavy atom. The van der Waals surface area contributed by atoms with Crippen molar-refractivity contribution in [1.29, 1.82) is 0 Å². The summed E-state index contributed by atoms with van der Waals surface area (Å²) in [4.78, 5) is 1.41. The van der Waals surface area contributed by atoms with Crippen LogP contribution in [0.25, 0.3) is 0 Å². The van der Waals surface area contributed by atoms with E-state index in [0.717, 1.165) is 18.3 Å². The van der Waals surface area contributed by atoms with Crippen molar-refractivity contribution in [2.24, 2.45) is 0 Å². The molecule has 0 atom stereocenters. The molecule has 1 aliphatic carbocycles. The molecule has 1 N–H and O–H groups in total. The topological polar surface area (TPSA) is 12.0 Å². The summed E-state index contributed by atoms with van der Waals surface area (Å²) >= 11 is 1.95. The zero-order chi connectivity index (χ0) is 13.8. The zero-order valence-electron chi connectivity index (χ0n) is 11.9. The third kappa shape index (κ3) is 3.65. The molecule has 1 aliphatic rings. The summed E-state index contributed by atoms with van der Waals surface area (Å²) in [5.41, 5.74) is 4.24. The fourth-order valence-electron chi connectivity index (χ4n) is 2.26. The molecule has 3 rings (SSSR count). The first-order valence-corrected chi connectivity index (χ1v) is 8.30. The van der Waals surface area contributed by atoms with Gasteiger partial charge in [0.2, 0.25) is 0 Å². The summed E-state index contributed by atoms with van der Waals surface area (Å²) in [5, 5.41) is 3.61. The molecule has 1 saturated carbocycles. The number of benzene rings is 2. The van der Waals surface area contributed by atoms with Crippen LogP contribution in [0.4, 0.5) is 0 Å². The van der Waals surface area contributed by atoms with E-state index in [4.69, 9.17) is 0 Å². The second-order valence-electron chi connectivity index (χ2n) is 5.48. The summed E-state index contributed by atoms with van der Waals surface area (Å²) in [6.45, 7) is 3.19. The number of hydrogen-bond acceptors (Lipinski definition) is 2. The lowest BCUT2D eigenvalue weighted by Crippen LogP contribution is -2.15. The van der Waals surface area contributed by atoms with Gasteiger partial charge >= 0.3 is 0 Å². The van der Waals surface area contributed by atoms with Crippen LogP contribution < -0.4 is 5.32 Å². The predicted octanol–water partition coefficient (Wildman–Crippen LogP) is 4.54. The first-order chi connectivity index (χ1) is 9.83. The van der Waals surface area contributed by atoms with Gasteiger partial charge in [-0.2, -0.15) is 0 Å². The average Bonchev–Trinajstić information content (AvgIpc) is 3.29. The van der Waals surface area contributed by atoms with Crippen LogP contribution in [0.5, 0.6) is 0 Å². The second kappa shape index (κ2) is 6.47. The molecule has 0 saturated heterocycles. The number of thioether (sulfide) groups is 1. The molecule has 0 aliphatic heterocycles. The molecule has 0 spiro atoms. The highest BCUT2D eigenvalue weighted by Gasteiger charge is 2.20. The van der Waals surface area contributed by atoms with Crippen molar-refractivity contribution in [3.8, 4) is 0 Å². The molecule has 2 aromatic rings. The van der Waals surface area contributed by atoms with Crippen molar-refractivity contribution in [3.63, 3.8) is 0 Å². The highest BCUT2D eigenvalue weighted by molar-refractivity contribution is 7.98. The van der Waals surface area contributed by atoms with Gasteiger partial charge in [-0.05, 0) is 42.5 Å². The molecule has 0 aromatic heterocycles. The first kappa shape index (κ1) is 13.7. The molecule has 0 amide bonds. The van der Waals surface area contributed by atoms with Gasteiger partial charge in [0.1, 0.15) is 0 Å². The maximum Gasteiger partial charge on any atom is 0.0234 e. The third-order valence-electron chi connectivity index (χ3n) is 3.78. The fourth-order valence-corrected chi connectivity index (χ4v) is 3.40. The van der Waals surface area contributed by atoms with Crippen molar-refractivity contribution in [3.05, 3.63) is 65.2 Å². The Bertz CT molecular complexity index is 575. The van der Waals surface area contributed by atoms with Gasteiger partial charge < -0.3 is 5.32 Å². The van der Waals surface area contributed by atoms with Crippen LogP contribution in [0.15, 0.2) is 53.4 Å². The average molecular weight is 283 g/mol. The van der Waals surface area contributed by atoms with Crippen LogP contribution >= 0.6 is 11.8 Å². The van der Waals surface area contributed by atoms with Gasteiger partial charge in [-0.15, -0.1) is 11.8 Å². The Morgan fingerprint density at radius 2 is 1.70 bits per heavy atom. The minimum Gasteiger partial charge on any atom is -0.310 e. The highest BCUT2D eigenvalue weighted by atomic mass is 32.2. The van der Waals surface area contributed by atoms with Crippen LogP contribution in [0.3, 0.4) is 0 Å². The van der Waals surface area contributed by atoms with E-state index in [1.54, 1.807) is 0 Å². The van der Waals surface area contributed by atoms with Crippen LogP contribution in [-0.2, 0) is 12.3 Å². The SMILES string of the molecule is Cc1ccccc1CSc1ccccc1CNC1CC1. The zero-order valence-corrected chi connectivity index (χ0v) is 12.7. The Balaban J connectivity index is 1.65. The maximum atomic E-state index is 3.61. The van der Waals surface area contributed by atoms with Crippen molar-refractivity contribution < 1.29 is 0 Å². The quantitative estimate of drug-likeness (QED) is 0.781. The predicted molar refractivity (Wildman–Crippen MR) is 87.0 cm³/mol. The minimum absolute atomic E-state index is 0.768. The van der Waals surface area contributed by atoms with E-state index in [1.807, 2.05) is 11.8 Å². The van der Waals surface area contributed by atoms with Gasteiger partial charge in [0.25, 0.3) is 0 Å². The number of hydrogen-bond donors (Lipinski definition) is 1. The van der Waals surface area contributed by atoms with Gasteiger partial charge in [-0.3, -0.25) is 0 Å². The van der Waals surface area contributed by atoms with Crippen molar-refractivity contribution in [1.82, 2.24) is 5.32 Å². The molecular weight excluding hydrogens is 262 g/mol. The van der Waals surface area contributed by atoms with Crippen LogP contribution in [0, 0.1) is 6.92 Å². The van der Waals surface area contributed by atoms with Gasteiger partial charge in [0, 0.05) is 23.2 Å². The normalized spacial score (nSPS) is 14.4. The van der Waals surface area contributed by atoms with Gasteiger partial charge in [-0.1, -0.05) is 42.5 Å². The smallest absolute Gasteiger partial charge is 0.0234 e. The summed E-state index contributed by atoms with van der Waals surface area (Å²) in [7, 11) is 0. The Labute approximate surface area is 125 Å². The largest absolute Gasteiger partial charge is 0.310 e. The molecule has 2 aromatic carbocycles. The molecule has 1 fully saturated rings. The summed E-state index contributed by atoms with van der Waals surface area (Å²) in [5.74, 6) is 1.05. The van der Waals surface area contributed by atoms with E-state index in [2.05, 4.69) is 60.8 Å². The molecule has 0 heterocycles. The summed E-state index contributed by atoms with van der Waals surface area (Å²) in [6.07, 6.45) is 2.69. The lowest BCUT2D eigenvalue weighted by Gasteiger charge is -2.11. The fraction of sp³-hybridized carbons (Fsp3) is 0.333. The number of nitrogens with one attached hydrogen (secondary N) is 1. The summed E-state index contributed by atoms with van der Waals surface area (Å²) in [6, 6.07) is 18.2. The van der Waals surface area contributed by atoms with Gasteiger partial charge in [-0.25, -0.2) is 0 Å². The van der Waals surface area contributed by atoms with E-state index in [9.17, 15) is 0 Å². The van der Waals surface area contributed by atoms with Crippen molar-refractivity contribution in [2.45, 2.75) is 43.0 Å². The number of rotatable bonds is 6. The monoisotopic (exact) mass is 283 g/mol. The Hall–Kier alpha value is -1.25. The molecule has 0 unspecified atom stereocenters. The van der Waals surface area contributed by atoms with Crippen molar-refractivity contribution >= 4 is 11.8 Å². The number of aryl methyl sites for hydroxylation is 1. The molecule has 1 nitrogen and oxygen atoms in total. The lowest BCUT2D eigenvalue weighted by atomic mass is 10.1. The third-order valence-corrected chi connectivity index (χ3v) is 4.94. The van der Waals surface area contributed by atoms with Crippen LogP contribution in [0.2, 0.25) is 0 Å². The highest BCUT2D eigenvalue weighted by Crippen LogP contribution is 2.28. The second-order valence-corrected chi connectivity index (χ2v) is 6.50. The molecule has 0 radical (unpaired) electrons. The summed E-state index contributed by atoms with van der Waals surface area (Å²) < 4.78 is 0. The van der Waals surface area contributed by atoms with E-state index in [1.165, 1.54) is 34.4 Å². The minimum atomic E-state index is 0.768. The van der Waals surface area contributed by atoms with E-state index in [-0.39, 0.29) is 0 Å². The van der Waals surface area contributed by atoms with Crippen molar-refractivity contribution in [2.75, 3.05) is 0 Å². The standard InChI is InChI=1S/C18H21NS/c1-14-6-2-3-8-16(14)13-20-18-9-5-4-7-15(18)12-19-17-10-11-17/h2-9,17,19H,10-13H2,1H3. The Morgan fingerprint density at radius 1 is 1.00 bits per heavy atom. The van der Waals surface area contributed by atoms with E-state index >= 15 is 0 Å². The lowest BCUT2D eigenvalue weighted by molar-refractivity contribution is 0.680. The molecule has 104 valence electrons. The molecule has 20 heavy (non-hydrogen) atoms. The molecule has 2 heteroatoms. The molecule has 0 bridgehead atoms. The van der Waals surface area contributed by atoms with Crippen LogP contribution in [-0.4, -0.2) is 6.04 Å². The first-order valence-electron chi connectivity index (χ1n) is 7.31. The van der Waals surface area contributed by atoms with Gasteiger partial charge in [0.15, 0.2) is 0 Å². The van der Waals surface area contributed by atoms with E-state index in [0.29, 0.717) is 0 Å². The maximum absolute atomic E-state index is 3.61. The van der Waals surface area contributed by atoms with E-state index < -0.39 is 0 Å². The Kier molecular flexibility index (Phi) is 4.44. The van der Waals surface area contributed by atoms with Gasteiger partial charge in [0.05, 0.1) is 0 Å².